The molecule has 0 N–H and O–H groups in total. The van der Waals surface area contributed by atoms with Crippen molar-refractivity contribution in [1.29, 1.82) is 5.26 Å². The van der Waals surface area contributed by atoms with E-state index < -0.39 is 0 Å². The van der Waals surface area contributed by atoms with Crippen LogP contribution in [0.4, 0.5) is 0 Å². The number of hydrogen-bond acceptors (Lipinski definition) is 1. The van der Waals surface area contributed by atoms with Crippen molar-refractivity contribution in [1.82, 2.24) is 0 Å². The summed E-state index contributed by atoms with van der Waals surface area (Å²) >= 11 is 0. The van der Waals surface area contributed by atoms with Gasteiger partial charge in [-0.25, -0.2) is 0 Å². The molecule has 33 heavy (non-hydrogen) atoms. The van der Waals surface area contributed by atoms with Crippen LogP contribution >= 0.6 is 0 Å². The van der Waals surface area contributed by atoms with Crippen LogP contribution in [0.5, 0.6) is 0 Å². The van der Waals surface area contributed by atoms with E-state index in [1.807, 2.05) is 24.3 Å². The Hall–Kier alpha value is -3.55. The summed E-state index contributed by atoms with van der Waals surface area (Å²) in [5.41, 5.74) is 8.17. The van der Waals surface area contributed by atoms with E-state index in [1.165, 1.54) is 48.8 Å². The standard InChI is InChI=1S/C32H31N/c1-2-3-4-5-25-8-16-29(17-9-25)30-18-10-26(11-19-30)6-7-27-12-20-31(21-13-27)32-22-14-28(24-33)15-23-32/h8-10,12-17,20-23,30H,2-5,11,18-19H2,1H3. The molecule has 0 fully saturated rings. The number of hydrogen-bond donors (Lipinski definition) is 0. The normalized spacial score (nSPS) is 15.2. The third kappa shape index (κ3) is 6.25. The molecule has 0 aromatic heterocycles. The minimum atomic E-state index is 0.618. The second-order valence-electron chi connectivity index (χ2n) is 8.92. The zero-order valence-corrected chi connectivity index (χ0v) is 19.5. The monoisotopic (exact) mass is 429 g/mol. The Labute approximate surface area is 198 Å². The van der Waals surface area contributed by atoms with E-state index in [0.29, 0.717) is 11.5 Å². The van der Waals surface area contributed by atoms with Gasteiger partial charge in [-0.3, -0.25) is 0 Å². The van der Waals surface area contributed by atoms with Crippen LogP contribution in [0.2, 0.25) is 0 Å². The van der Waals surface area contributed by atoms with E-state index in [0.717, 1.165) is 29.5 Å². The first kappa shape index (κ1) is 22.6. The molecule has 1 heteroatoms. The zero-order chi connectivity index (χ0) is 22.9. The van der Waals surface area contributed by atoms with E-state index in [2.05, 4.69) is 79.4 Å². The molecule has 0 saturated heterocycles. The molecule has 164 valence electrons. The SMILES string of the molecule is CCCCCc1ccc(C2CC=C(C#Cc3ccc(-c4ccc(C#N)cc4)cc3)CC2)cc1. The van der Waals surface area contributed by atoms with Crippen molar-refractivity contribution >= 4 is 0 Å². The van der Waals surface area contributed by atoms with Crippen molar-refractivity contribution in [3.05, 3.63) is 107 Å². The number of benzene rings is 3. The van der Waals surface area contributed by atoms with Gasteiger partial charge in [0.15, 0.2) is 0 Å². The molecule has 0 saturated carbocycles. The lowest BCUT2D eigenvalue weighted by Gasteiger charge is -2.20. The number of nitrogens with zero attached hydrogens (tertiary/aromatic N) is 1. The molecule has 3 aromatic carbocycles. The van der Waals surface area contributed by atoms with Crippen LogP contribution in [0.1, 0.15) is 73.6 Å². The summed E-state index contributed by atoms with van der Waals surface area (Å²) in [4.78, 5) is 0. The van der Waals surface area contributed by atoms with E-state index in [1.54, 1.807) is 0 Å². The summed E-state index contributed by atoms with van der Waals surface area (Å²) in [7, 11) is 0. The van der Waals surface area contributed by atoms with Crippen molar-refractivity contribution in [3.8, 4) is 29.0 Å². The molecule has 0 radical (unpaired) electrons. The highest BCUT2D eigenvalue weighted by Gasteiger charge is 2.15. The summed E-state index contributed by atoms with van der Waals surface area (Å²) < 4.78 is 0. The maximum Gasteiger partial charge on any atom is 0.0991 e. The molecule has 1 unspecified atom stereocenters. The maximum absolute atomic E-state index is 8.95. The minimum absolute atomic E-state index is 0.618. The van der Waals surface area contributed by atoms with Crippen molar-refractivity contribution < 1.29 is 0 Å². The van der Waals surface area contributed by atoms with Gasteiger partial charge in [0.1, 0.15) is 0 Å². The van der Waals surface area contributed by atoms with Gasteiger partial charge in [-0.1, -0.05) is 86.2 Å². The van der Waals surface area contributed by atoms with Crippen LogP contribution in [-0.2, 0) is 6.42 Å². The Morgan fingerprint density at radius 2 is 1.45 bits per heavy atom. The molecule has 1 aliphatic rings. The molecule has 0 heterocycles. The quantitative estimate of drug-likeness (QED) is 0.286. The number of unbranched alkanes of at least 4 members (excludes halogenated alkanes) is 2. The highest BCUT2D eigenvalue weighted by Crippen LogP contribution is 2.32. The van der Waals surface area contributed by atoms with Crippen LogP contribution in [0.25, 0.3) is 11.1 Å². The Balaban J connectivity index is 1.34. The van der Waals surface area contributed by atoms with Crippen molar-refractivity contribution in [3.63, 3.8) is 0 Å². The van der Waals surface area contributed by atoms with Gasteiger partial charge in [0.25, 0.3) is 0 Å². The van der Waals surface area contributed by atoms with Crippen LogP contribution in [-0.4, -0.2) is 0 Å². The zero-order valence-electron chi connectivity index (χ0n) is 19.5. The fourth-order valence-electron chi connectivity index (χ4n) is 4.42. The Morgan fingerprint density at radius 1 is 0.788 bits per heavy atom. The van der Waals surface area contributed by atoms with Crippen LogP contribution < -0.4 is 0 Å². The van der Waals surface area contributed by atoms with E-state index in [-0.39, 0.29) is 0 Å². The fourth-order valence-corrected chi connectivity index (χ4v) is 4.42. The summed E-state index contributed by atoms with van der Waals surface area (Å²) in [6.07, 6.45) is 10.7. The fraction of sp³-hybridized carbons (Fsp3) is 0.281. The van der Waals surface area contributed by atoms with Gasteiger partial charge in [-0.15, -0.1) is 0 Å². The van der Waals surface area contributed by atoms with Gasteiger partial charge < -0.3 is 0 Å². The Bertz CT molecular complexity index is 1180. The molecular formula is C32H31N. The van der Waals surface area contributed by atoms with Gasteiger partial charge in [0.05, 0.1) is 11.6 Å². The number of nitriles is 1. The number of rotatable bonds is 6. The van der Waals surface area contributed by atoms with Gasteiger partial charge in [0.2, 0.25) is 0 Å². The third-order valence-electron chi connectivity index (χ3n) is 6.53. The van der Waals surface area contributed by atoms with Crippen molar-refractivity contribution in [2.45, 2.75) is 57.8 Å². The van der Waals surface area contributed by atoms with Crippen molar-refractivity contribution in [2.75, 3.05) is 0 Å². The molecule has 4 rings (SSSR count). The first-order chi connectivity index (χ1) is 16.2. The smallest absolute Gasteiger partial charge is 0.0991 e. The highest BCUT2D eigenvalue weighted by atomic mass is 14.2. The van der Waals surface area contributed by atoms with Gasteiger partial charge in [-0.05, 0) is 90.1 Å². The summed E-state index contributed by atoms with van der Waals surface area (Å²) in [5.74, 6) is 7.35. The molecule has 3 aromatic rings. The molecule has 1 atom stereocenters. The average molecular weight is 430 g/mol. The molecule has 0 spiro atoms. The predicted octanol–water partition coefficient (Wildman–Crippen LogP) is 8.20. The summed E-state index contributed by atoms with van der Waals surface area (Å²) in [6, 6.07) is 27.5. The topological polar surface area (TPSA) is 23.8 Å². The Morgan fingerprint density at radius 3 is 2.03 bits per heavy atom. The average Bonchev–Trinajstić information content (AvgIpc) is 2.89. The first-order valence-corrected chi connectivity index (χ1v) is 12.2. The van der Waals surface area contributed by atoms with Gasteiger partial charge >= 0.3 is 0 Å². The predicted molar refractivity (Wildman–Crippen MR) is 138 cm³/mol. The lowest BCUT2D eigenvalue weighted by Crippen LogP contribution is -2.04. The molecule has 0 bridgehead atoms. The van der Waals surface area contributed by atoms with Crippen LogP contribution in [0.3, 0.4) is 0 Å². The third-order valence-corrected chi connectivity index (χ3v) is 6.53. The van der Waals surface area contributed by atoms with E-state index >= 15 is 0 Å². The first-order valence-electron chi connectivity index (χ1n) is 12.2. The highest BCUT2D eigenvalue weighted by molar-refractivity contribution is 5.65. The molecule has 1 nitrogen and oxygen atoms in total. The lowest BCUT2D eigenvalue weighted by atomic mass is 9.84. The summed E-state index contributed by atoms with van der Waals surface area (Å²) in [5, 5.41) is 8.95. The molecule has 0 aliphatic heterocycles. The second-order valence-corrected chi connectivity index (χ2v) is 8.92. The van der Waals surface area contributed by atoms with Gasteiger partial charge in [0, 0.05) is 5.56 Å². The molecular weight excluding hydrogens is 398 g/mol. The molecule has 1 aliphatic carbocycles. The second kappa shape index (κ2) is 11.4. The Kier molecular flexibility index (Phi) is 7.79. The lowest BCUT2D eigenvalue weighted by molar-refractivity contribution is 0.607. The number of aryl methyl sites for hydroxylation is 1. The van der Waals surface area contributed by atoms with Crippen molar-refractivity contribution in [2.24, 2.45) is 0 Å². The maximum atomic E-state index is 8.95. The van der Waals surface area contributed by atoms with Crippen LogP contribution in [0.15, 0.2) is 84.4 Å². The number of allylic oxidation sites excluding steroid dienone is 2. The van der Waals surface area contributed by atoms with E-state index in [9.17, 15) is 0 Å². The molecule has 0 amide bonds. The summed E-state index contributed by atoms with van der Waals surface area (Å²) in [6.45, 7) is 2.26. The van der Waals surface area contributed by atoms with E-state index in [4.69, 9.17) is 5.26 Å². The van der Waals surface area contributed by atoms with Crippen LogP contribution in [0, 0.1) is 23.2 Å². The minimum Gasteiger partial charge on any atom is -0.192 e. The van der Waals surface area contributed by atoms with Gasteiger partial charge in [-0.2, -0.15) is 5.26 Å². The largest absolute Gasteiger partial charge is 0.192 e.